The summed E-state index contributed by atoms with van der Waals surface area (Å²) in [6.45, 7) is 0. The molecular formula is C23H17NO. The lowest BCUT2D eigenvalue weighted by molar-refractivity contribution is 0.150. The van der Waals surface area contributed by atoms with Gasteiger partial charge in [-0.25, -0.2) is 4.98 Å². The van der Waals surface area contributed by atoms with Crippen LogP contribution in [0.25, 0.3) is 0 Å². The van der Waals surface area contributed by atoms with Gasteiger partial charge in [0.2, 0.25) is 0 Å². The van der Waals surface area contributed by atoms with Crippen LogP contribution in [0.15, 0.2) is 79.0 Å². The lowest BCUT2D eigenvalue weighted by Gasteiger charge is -2.10. The van der Waals surface area contributed by atoms with Gasteiger partial charge in [-0.3, -0.25) is 0 Å². The average Bonchev–Trinajstić information content (AvgIpc) is 2.69. The zero-order chi connectivity index (χ0) is 17.3. The number of benzene rings is 2. The summed E-state index contributed by atoms with van der Waals surface area (Å²) in [6.07, 6.45) is 1.35. The lowest BCUT2D eigenvalue weighted by Crippen LogP contribution is -2.03. The van der Waals surface area contributed by atoms with E-state index >= 15 is 0 Å². The van der Waals surface area contributed by atoms with Crippen molar-refractivity contribution in [2.75, 3.05) is 7.11 Å². The van der Waals surface area contributed by atoms with Gasteiger partial charge in [-0.05, 0) is 36.3 Å². The summed E-state index contributed by atoms with van der Waals surface area (Å²) in [5.74, 6) is 12.6. The Labute approximate surface area is 148 Å². The Bertz CT molecular complexity index is 941. The SMILES string of the molecule is COC(C#Cc1ccccc1)c1cccnc1C#Cc1ccccc1. The van der Waals surface area contributed by atoms with Gasteiger partial charge in [0.25, 0.3) is 0 Å². The third-order valence-electron chi connectivity index (χ3n) is 3.58. The molecule has 120 valence electrons. The molecule has 1 heterocycles. The van der Waals surface area contributed by atoms with Crippen molar-refractivity contribution in [1.29, 1.82) is 0 Å². The highest BCUT2D eigenvalue weighted by molar-refractivity contribution is 5.46. The van der Waals surface area contributed by atoms with E-state index in [9.17, 15) is 0 Å². The largest absolute Gasteiger partial charge is 0.364 e. The van der Waals surface area contributed by atoms with Gasteiger partial charge >= 0.3 is 0 Å². The Kier molecular flexibility index (Phi) is 5.62. The lowest BCUT2D eigenvalue weighted by atomic mass is 10.1. The molecule has 0 bridgehead atoms. The number of nitrogens with zero attached hydrogens (tertiary/aromatic N) is 1. The summed E-state index contributed by atoms with van der Waals surface area (Å²) in [5, 5.41) is 0. The van der Waals surface area contributed by atoms with E-state index in [2.05, 4.69) is 28.7 Å². The first-order valence-corrected chi connectivity index (χ1v) is 7.98. The van der Waals surface area contributed by atoms with Crippen molar-refractivity contribution in [2.24, 2.45) is 0 Å². The van der Waals surface area contributed by atoms with E-state index in [1.807, 2.05) is 72.8 Å². The molecule has 3 rings (SSSR count). The van der Waals surface area contributed by atoms with Gasteiger partial charge in [-0.1, -0.05) is 60.2 Å². The molecule has 2 aromatic carbocycles. The number of pyridine rings is 1. The monoisotopic (exact) mass is 323 g/mol. The minimum atomic E-state index is -0.381. The molecule has 0 saturated carbocycles. The first-order chi connectivity index (χ1) is 12.4. The van der Waals surface area contributed by atoms with Crippen LogP contribution < -0.4 is 0 Å². The highest BCUT2D eigenvalue weighted by Gasteiger charge is 2.11. The Hall–Kier alpha value is -3.33. The van der Waals surface area contributed by atoms with Crippen LogP contribution in [0, 0.1) is 23.7 Å². The van der Waals surface area contributed by atoms with Crippen LogP contribution in [0.5, 0.6) is 0 Å². The van der Waals surface area contributed by atoms with E-state index in [1.165, 1.54) is 0 Å². The molecule has 0 aliphatic carbocycles. The highest BCUT2D eigenvalue weighted by Crippen LogP contribution is 2.18. The topological polar surface area (TPSA) is 22.1 Å². The van der Waals surface area contributed by atoms with E-state index in [-0.39, 0.29) is 6.10 Å². The second-order valence-corrected chi connectivity index (χ2v) is 5.31. The Morgan fingerprint density at radius 1 is 0.760 bits per heavy atom. The van der Waals surface area contributed by atoms with Crippen LogP contribution in [0.3, 0.4) is 0 Å². The van der Waals surface area contributed by atoms with Crippen LogP contribution in [-0.2, 0) is 4.74 Å². The number of rotatable bonds is 2. The minimum absolute atomic E-state index is 0.381. The van der Waals surface area contributed by atoms with E-state index < -0.39 is 0 Å². The Morgan fingerprint density at radius 2 is 1.40 bits per heavy atom. The maximum atomic E-state index is 5.57. The fraction of sp³-hybridized carbons (Fsp3) is 0.0870. The molecule has 0 radical (unpaired) electrons. The zero-order valence-electron chi connectivity index (χ0n) is 13.9. The average molecular weight is 323 g/mol. The van der Waals surface area contributed by atoms with E-state index in [0.29, 0.717) is 5.69 Å². The van der Waals surface area contributed by atoms with Gasteiger partial charge < -0.3 is 4.74 Å². The quantitative estimate of drug-likeness (QED) is 0.659. The van der Waals surface area contributed by atoms with Crippen molar-refractivity contribution in [2.45, 2.75) is 6.10 Å². The van der Waals surface area contributed by atoms with E-state index in [1.54, 1.807) is 13.3 Å². The standard InChI is InChI=1S/C23H17NO/c1-25-23(17-15-20-11-6-3-7-12-20)21-13-8-18-24-22(21)16-14-19-9-4-2-5-10-19/h2-13,18,23H,1H3. The Balaban J connectivity index is 1.91. The normalized spacial score (nSPS) is 10.8. The summed E-state index contributed by atoms with van der Waals surface area (Å²) in [4.78, 5) is 4.40. The molecule has 25 heavy (non-hydrogen) atoms. The molecule has 1 atom stereocenters. The molecule has 0 N–H and O–H groups in total. The third-order valence-corrected chi connectivity index (χ3v) is 3.58. The van der Waals surface area contributed by atoms with Crippen LogP contribution in [0.4, 0.5) is 0 Å². The van der Waals surface area contributed by atoms with E-state index in [4.69, 9.17) is 4.74 Å². The number of hydrogen-bond donors (Lipinski definition) is 0. The number of hydrogen-bond acceptors (Lipinski definition) is 2. The maximum absolute atomic E-state index is 5.57. The fourth-order valence-corrected chi connectivity index (χ4v) is 2.32. The molecule has 1 aromatic heterocycles. The van der Waals surface area contributed by atoms with Gasteiger partial charge in [-0.15, -0.1) is 0 Å². The minimum Gasteiger partial charge on any atom is -0.364 e. The Morgan fingerprint density at radius 3 is 2.04 bits per heavy atom. The molecule has 0 amide bonds. The van der Waals surface area contributed by atoms with Gasteiger partial charge in [-0.2, -0.15) is 0 Å². The van der Waals surface area contributed by atoms with Crippen molar-refractivity contribution in [3.05, 3.63) is 101 Å². The smallest absolute Gasteiger partial charge is 0.146 e. The molecule has 3 aromatic rings. The van der Waals surface area contributed by atoms with Crippen molar-refractivity contribution >= 4 is 0 Å². The van der Waals surface area contributed by atoms with Gasteiger partial charge in [0.15, 0.2) is 0 Å². The highest BCUT2D eigenvalue weighted by atomic mass is 16.5. The molecule has 0 spiro atoms. The van der Waals surface area contributed by atoms with Crippen molar-refractivity contribution < 1.29 is 4.74 Å². The summed E-state index contributed by atoms with van der Waals surface area (Å²) in [6, 6.07) is 23.5. The van der Waals surface area contributed by atoms with Gasteiger partial charge in [0.05, 0.1) is 0 Å². The number of aromatic nitrogens is 1. The summed E-state index contributed by atoms with van der Waals surface area (Å²) in [5.41, 5.74) is 3.45. The van der Waals surface area contributed by atoms with Crippen molar-refractivity contribution in [1.82, 2.24) is 4.98 Å². The first-order valence-electron chi connectivity index (χ1n) is 7.98. The molecule has 1 unspecified atom stereocenters. The van der Waals surface area contributed by atoms with Crippen LogP contribution in [-0.4, -0.2) is 12.1 Å². The van der Waals surface area contributed by atoms with E-state index in [0.717, 1.165) is 16.7 Å². The molecule has 0 saturated heterocycles. The number of ether oxygens (including phenoxy) is 1. The number of methoxy groups -OCH3 is 1. The summed E-state index contributed by atoms with van der Waals surface area (Å²) < 4.78 is 5.57. The maximum Gasteiger partial charge on any atom is 0.146 e. The molecule has 2 heteroatoms. The predicted octanol–water partition coefficient (Wildman–Crippen LogP) is 4.22. The first kappa shape index (κ1) is 16.5. The van der Waals surface area contributed by atoms with Gasteiger partial charge in [0, 0.05) is 30.0 Å². The molecular weight excluding hydrogens is 306 g/mol. The summed E-state index contributed by atoms with van der Waals surface area (Å²) >= 11 is 0. The van der Waals surface area contributed by atoms with Gasteiger partial charge in [0.1, 0.15) is 11.8 Å². The predicted molar refractivity (Wildman–Crippen MR) is 99.7 cm³/mol. The van der Waals surface area contributed by atoms with Crippen LogP contribution in [0.1, 0.15) is 28.5 Å². The second kappa shape index (κ2) is 8.50. The fourth-order valence-electron chi connectivity index (χ4n) is 2.32. The van der Waals surface area contributed by atoms with Crippen LogP contribution >= 0.6 is 0 Å². The second-order valence-electron chi connectivity index (χ2n) is 5.31. The molecule has 0 fully saturated rings. The summed E-state index contributed by atoms with van der Waals surface area (Å²) in [7, 11) is 1.64. The zero-order valence-corrected chi connectivity index (χ0v) is 13.9. The van der Waals surface area contributed by atoms with Crippen molar-refractivity contribution in [3.8, 4) is 23.7 Å². The van der Waals surface area contributed by atoms with Crippen molar-refractivity contribution in [3.63, 3.8) is 0 Å². The molecule has 0 aliphatic rings. The molecule has 2 nitrogen and oxygen atoms in total. The third kappa shape index (κ3) is 4.58. The molecule has 0 aliphatic heterocycles. The van der Waals surface area contributed by atoms with Crippen LogP contribution in [0.2, 0.25) is 0 Å².